The lowest BCUT2D eigenvalue weighted by molar-refractivity contribution is 0.0110. The summed E-state index contributed by atoms with van der Waals surface area (Å²) in [4.78, 5) is 5.10. The first-order valence-electron chi connectivity index (χ1n) is 6.80. The second kappa shape index (κ2) is 5.03. The van der Waals surface area contributed by atoms with Gasteiger partial charge in [0.1, 0.15) is 0 Å². The standard InChI is InChI=1S/C13H27N3/c1-12-3-5-13(11-14,6-4-12)16-9-7-15(2)8-10-16/h12H,3-11,14H2,1-2H3. The average Bonchev–Trinajstić information content (AvgIpc) is 2.32. The van der Waals surface area contributed by atoms with Gasteiger partial charge in [0.15, 0.2) is 0 Å². The van der Waals surface area contributed by atoms with Crippen LogP contribution in [0.1, 0.15) is 32.6 Å². The molecule has 0 bridgehead atoms. The van der Waals surface area contributed by atoms with E-state index in [1.807, 2.05) is 0 Å². The first-order valence-corrected chi connectivity index (χ1v) is 6.80. The Bertz CT molecular complexity index is 213. The highest BCUT2D eigenvalue weighted by Gasteiger charge is 2.39. The molecule has 1 aliphatic carbocycles. The van der Waals surface area contributed by atoms with Crippen molar-refractivity contribution in [2.45, 2.75) is 38.1 Å². The molecule has 0 aromatic rings. The molecule has 3 heteroatoms. The Kier molecular flexibility index (Phi) is 3.88. The number of hydrogen-bond donors (Lipinski definition) is 1. The molecule has 3 nitrogen and oxygen atoms in total. The Morgan fingerprint density at radius 2 is 1.69 bits per heavy atom. The maximum absolute atomic E-state index is 6.09. The van der Waals surface area contributed by atoms with E-state index in [0.717, 1.165) is 12.5 Å². The zero-order chi connectivity index (χ0) is 11.6. The van der Waals surface area contributed by atoms with Crippen LogP contribution in [0.5, 0.6) is 0 Å². The van der Waals surface area contributed by atoms with Crippen LogP contribution in [0.15, 0.2) is 0 Å². The van der Waals surface area contributed by atoms with Crippen molar-refractivity contribution in [2.24, 2.45) is 11.7 Å². The molecule has 1 saturated carbocycles. The smallest absolute Gasteiger partial charge is 0.0333 e. The Morgan fingerprint density at radius 1 is 1.12 bits per heavy atom. The number of piperazine rings is 1. The molecule has 0 amide bonds. The molecule has 0 aromatic heterocycles. The van der Waals surface area contributed by atoms with Gasteiger partial charge in [-0.1, -0.05) is 6.92 Å². The molecule has 2 fully saturated rings. The van der Waals surface area contributed by atoms with Crippen LogP contribution in [0, 0.1) is 5.92 Å². The minimum absolute atomic E-state index is 0.341. The molecule has 0 spiro atoms. The van der Waals surface area contributed by atoms with E-state index in [4.69, 9.17) is 5.73 Å². The zero-order valence-electron chi connectivity index (χ0n) is 10.9. The van der Waals surface area contributed by atoms with Crippen molar-refractivity contribution < 1.29 is 0 Å². The second-order valence-corrected chi connectivity index (χ2v) is 5.90. The number of nitrogens with zero attached hydrogens (tertiary/aromatic N) is 2. The fourth-order valence-electron chi connectivity index (χ4n) is 3.23. The van der Waals surface area contributed by atoms with Crippen LogP contribution >= 0.6 is 0 Å². The number of nitrogens with two attached hydrogens (primary N) is 1. The molecule has 0 radical (unpaired) electrons. The summed E-state index contributed by atoms with van der Waals surface area (Å²) in [5.41, 5.74) is 6.43. The van der Waals surface area contributed by atoms with Crippen molar-refractivity contribution in [1.29, 1.82) is 0 Å². The van der Waals surface area contributed by atoms with Crippen LogP contribution in [-0.2, 0) is 0 Å². The van der Waals surface area contributed by atoms with Gasteiger partial charge in [0, 0.05) is 38.3 Å². The van der Waals surface area contributed by atoms with E-state index in [2.05, 4.69) is 23.8 Å². The molecule has 1 saturated heterocycles. The average molecular weight is 225 g/mol. The molecule has 16 heavy (non-hydrogen) atoms. The molecular formula is C13H27N3. The number of likely N-dealkylation sites (N-methyl/N-ethyl adjacent to an activating group) is 1. The summed E-state index contributed by atoms with van der Waals surface area (Å²) in [7, 11) is 2.22. The van der Waals surface area contributed by atoms with Gasteiger partial charge in [0.05, 0.1) is 0 Å². The lowest BCUT2D eigenvalue weighted by atomic mass is 9.75. The second-order valence-electron chi connectivity index (χ2n) is 5.90. The topological polar surface area (TPSA) is 32.5 Å². The SMILES string of the molecule is CC1CCC(CN)(N2CCN(C)CC2)CC1. The van der Waals surface area contributed by atoms with Gasteiger partial charge in [-0.3, -0.25) is 4.90 Å². The first-order chi connectivity index (χ1) is 7.66. The summed E-state index contributed by atoms with van der Waals surface area (Å²) in [5, 5.41) is 0. The van der Waals surface area contributed by atoms with Crippen LogP contribution in [0.3, 0.4) is 0 Å². The van der Waals surface area contributed by atoms with Crippen molar-refractivity contribution in [3.05, 3.63) is 0 Å². The highest BCUT2D eigenvalue weighted by Crippen LogP contribution is 2.36. The van der Waals surface area contributed by atoms with Crippen molar-refractivity contribution in [2.75, 3.05) is 39.8 Å². The number of rotatable bonds is 2. The molecule has 0 atom stereocenters. The van der Waals surface area contributed by atoms with E-state index in [1.165, 1.54) is 51.9 Å². The van der Waals surface area contributed by atoms with E-state index < -0.39 is 0 Å². The summed E-state index contributed by atoms with van der Waals surface area (Å²) < 4.78 is 0. The van der Waals surface area contributed by atoms with Crippen LogP contribution < -0.4 is 5.73 Å². The molecule has 1 aliphatic heterocycles. The Balaban J connectivity index is 1.98. The molecule has 2 N–H and O–H groups in total. The van der Waals surface area contributed by atoms with Crippen LogP contribution in [0.2, 0.25) is 0 Å². The minimum Gasteiger partial charge on any atom is -0.329 e. The number of hydrogen-bond acceptors (Lipinski definition) is 3. The molecule has 0 aromatic carbocycles. The van der Waals surface area contributed by atoms with Crippen molar-refractivity contribution in [3.8, 4) is 0 Å². The third-order valence-electron chi connectivity index (χ3n) is 4.76. The lowest BCUT2D eigenvalue weighted by Crippen LogP contribution is -2.60. The van der Waals surface area contributed by atoms with Gasteiger partial charge < -0.3 is 10.6 Å². The Labute approximate surface area is 100.0 Å². The van der Waals surface area contributed by atoms with Crippen LogP contribution in [0.4, 0.5) is 0 Å². The van der Waals surface area contributed by atoms with Crippen molar-refractivity contribution >= 4 is 0 Å². The maximum Gasteiger partial charge on any atom is 0.0333 e. The Hall–Kier alpha value is -0.120. The summed E-state index contributed by atoms with van der Waals surface area (Å²) in [6, 6.07) is 0. The summed E-state index contributed by atoms with van der Waals surface area (Å²) in [6.45, 7) is 8.06. The lowest BCUT2D eigenvalue weighted by Gasteiger charge is -2.50. The van der Waals surface area contributed by atoms with E-state index >= 15 is 0 Å². The van der Waals surface area contributed by atoms with E-state index in [1.54, 1.807) is 0 Å². The fraction of sp³-hybridized carbons (Fsp3) is 1.00. The van der Waals surface area contributed by atoms with Crippen LogP contribution in [-0.4, -0.2) is 55.1 Å². The van der Waals surface area contributed by atoms with Crippen molar-refractivity contribution in [3.63, 3.8) is 0 Å². The third kappa shape index (κ3) is 2.41. The summed E-state index contributed by atoms with van der Waals surface area (Å²) in [5.74, 6) is 0.909. The fourth-order valence-corrected chi connectivity index (χ4v) is 3.23. The van der Waals surface area contributed by atoms with E-state index in [-0.39, 0.29) is 0 Å². The van der Waals surface area contributed by atoms with Crippen molar-refractivity contribution in [1.82, 2.24) is 9.80 Å². The van der Waals surface area contributed by atoms with Gasteiger partial charge in [0.25, 0.3) is 0 Å². The van der Waals surface area contributed by atoms with Gasteiger partial charge >= 0.3 is 0 Å². The largest absolute Gasteiger partial charge is 0.329 e. The van der Waals surface area contributed by atoms with E-state index in [0.29, 0.717) is 5.54 Å². The highest BCUT2D eigenvalue weighted by atomic mass is 15.3. The highest BCUT2D eigenvalue weighted by molar-refractivity contribution is 4.96. The van der Waals surface area contributed by atoms with E-state index in [9.17, 15) is 0 Å². The van der Waals surface area contributed by atoms with Crippen LogP contribution in [0.25, 0.3) is 0 Å². The zero-order valence-corrected chi connectivity index (χ0v) is 10.9. The monoisotopic (exact) mass is 225 g/mol. The van der Waals surface area contributed by atoms with Gasteiger partial charge in [-0.25, -0.2) is 0 Å². The first kappa shape index (κ1) is 12.3. The minimum atomic E-state index is 0.341. The molecule has 2 rings (SSSR count). The molecule has 2 aliphatic rings. The Morgan fingerprint density at radius 3 is 2.19 bits per heavy atom. The quantitative estimate of drug-likeness (QED) is 0.765. The third-order valence-corrected chi connectivity index (χ3v) is 4.76. The molecule has 94 valence electrons. The van der Waals surface area contributed by atoms with Gasteiger partial charge in [-0.05, 0) is 38.6 Å². The maximum atomic E-state index is 6.09. The predicted molar refractivity (Wildman–Crippen MR) is 68.5 cm³/mol. The van der Waals surface area contributed by atoms with Gasteiger partial charge in [0.2, 0.25) is 0 Å². The predicted octanol–water partition coefficient (Wildman–Crippen LogP) is 1.14. The summed E-state index contributed by atoms with van der Waals surface area (Å²) in [6.07, 6.45) is 5.36. The normalized spacial score (nSPS) is 38.8. The summed E-state index contributed by atoms with van der Waals surface area (Å²) >= 11 is 0. The van der Waals surface area contributed by atoms with Gasteiger partial charge in [-0.15, -0.1) is 0 Å². The molecule has 1 heterocycles. The van der Waals surface area contributed by atoms with Gasteiger partial charge in [-0.2, -0.15) is 0 Å². The molecular weight excluding hydrogens is 198 g/mol. The molecule has 0 unspecified atom stereocenters.